The normalized spacial score (nSPS) is 10.7. The maximum atomic E-state index is 12.1. The number of H-pyrrole nitrogens is 1. The van der Waals surface area contributed by atoms with Crippen molar-refractivity contribution in [2.24, 2.45) is 0 Å². The Hall–Kier alpha value is -2.04. The van der Waals surface area contributed by atoms with E-state index in [4.69, 9.17) is 23.2 Å². The first kappa shape index (κ1) is 13.0. The Balaban J connectivity index is 1.91. The maximum Gasteiger partial charge on any atom is 0.273 e. The van der Waals surface area contributed by atoms with E-state index in [1.165, 1.54) is 6.20 Å². The van der Waals surface area contributed by atoms with Crippen LogP contribution in [0.1, 0.15) is 10.5 Å². The van der Waals surface area contributed by atoms with Gasteiger partial charge in [0, 0.05) is 16.6 Å². The average Bonchev–Trinajstić information content (AvgIpc) is 2.84. The van der Waals surface area contributed by atoms with Crippen molar-refractivity contribution in [2.75, 3.05) is 5.32 Å². The van der Waals surface area contributed by atoms with Gasteiger partial charge in [0.25, 0.3) is 5.91 Å². The molecule has 0 aliphatic carbocycles. The molecular weight excluding hydrogens is 297 g/mol. The summed E-state index contributed by atoms with van der Waals surface area (Å²) >= 11 is 11.9. The van der Waals surface area contributed by atoms with Crippen LogP contribution in [0.3, 0.4) is 0 Å². The van der Waals surface area contributed by atoms with Crippen molar-refractivity contribution in [3.8, 4) is 0 Å². The van der Waals surface area contributed by atoms with Gasteiger partial charge in [-0.3, -0.25) is 4.79 Å². The van der Waals surface area contributed by atoms with Gasteiger partial charge in [-0.15, -0.1) is 0 Å². The van der Waals surface area contributed by atoms with Crippen LogP contribution in [-0.2, 0) is 0 Å². The summed E-state index contributed by atoms with van der Waals surface area (Å²) in [6.45, 7) is 0. The van der Waals surface area contributed by atoms with Crippen molar-refractivity contribution in [3.63, 3.8) is 0 Å². The lowest BCUT2D eigenvalue weighted by molar-refractivity contribution is 0.102. The van der Waals surface area contributed by atoms with E-state index in [9.17, 15) is 4.79 Å². The van der Waals surface area contributed by atoms with Gasteiger partial charge in [0.2, 0.25) is 0 Å². The standard InChI is InChI=1S/C14H9Cl2N3O/c15-9-4-5-17-12(7-9)19-14(20)11-6-8-2-1-3-10(16)13(8)18-11/h1-7,18H,(H,17,19,20). The Morgan fingerprint density at radius 2 is 2.05 bits per heavy atom. The molecule has 2 heterocycles. The molecule has 0 saturated heterocycles. The molecule has 0 saturated carbocycles. The monoisotopic (exact) mass is 305 g/mol. The summed E-state index contributed by atoms with van der Waals surface area (Å²) in [4.78, 5) is 19.2. The van der Waals surface area contributed by atoms with Crippen LogP contribution in [-0.4, -0.2) is 15.9 Å². The molecule has 3 aromatic rings. The number of aromatic amines is 1. The second kappa shape index (κ2) is 5.15. The first-order valence-electron chi connectivity index (χ1n) is 5.83. The molecule has 3 rings (SSSR count). The Bertz CT molecular complexity index is 798. The number of pyridine rings is 1. The van der Waals surface area contributed by atoms with Gasteiger partial charge in [0.15, 0.2) is 0 Å². The number of hydrogen-bond acceptors (Lipinski definition) is 2. The lowest BCUT2D eigenvalue weighted by atomic mass is 10.2. The van der Waals surface area contributed by atoms with Gasteiger partial charge in [-0.2, -0.15) is 0 Å². The maximum absolute atomic E-state index is 12.1. The van der Waals surface area contributed by atoms with Crippen LogP contribution in [0.25, 0.3) is 10.9 Å². The summed E-state index contributed by atoms with van der Waals surface area (Å²) < 4.78 is 0. The van der Waals surface area contributed by atoms with Gasteiger partial charge in [0.05, 0.1) is 10.5 Å². The second-order valence-corrected chi connectivity index (χ2v) is 5.04. The molecule has 0 spiro atoms. The van der Waals surface area contributed by atoms with E-state index in [2.05, 4.69) is 15.3 Å². The molecule has 1 amide bonds. The lowest BCUT2D eigenvalue weighted by Crippen LogP contribution is -2.13. The van der Waals surface area contributed by atoms with E-state index in [0.717, 1.165) is 10.9 Å². The summed E-state index contributed by atoms with van der Waals surface area (Å²) in [5.74, 6) is 0.0966. The molecular formula is C14H9Cl2N3O. The third-order valence-corrected chi connectivity index (χ3v) is 3.36. The minimum atomic E-state index is -0.299. The first-order valence-corrected chi connectivity index (χ1v) is 6.59. The third kappa shape index (κ3) is 2.48. The number of hydrogen-bond donors (Lipinski definition) is 2. The van der Waals surface area contributed by atoms with Crippen LogP contribution in [0.4, 0.5) is 5.82 Å². The Labute approximate surface area is 124 Å². The zero-order valence-electron chi connectivity index (χ0n) is 10.2. The molecule has 0 unspecified atom stereocenters. The topological polar surface area (TPSA) is 57.8 Å². The highest BCUT2D eigenvalue weighted by atomic mass is 35.5. The van der Waals surface area contributed by atoms with Crippen LogP contribution >= 0.6 is 23.2 Å². The number of nitrogens with zero attached hydrogens (tertiary/aromatic N) is 1. The molecule has 0 aliphatic heterocycles. The summed E-state index contributed by atoms with van der Waals surface area (Å²) in [5, 5.41) is 4.63. The summed E-state index contributed by atoms with van der Waals surface area (Å²) in [5.41, 5.74) is 1.15. The zero-order valence-corrected chi connectivity index (χ0v) is 11.7. The number of amides is 1. The number of carbonyl (C=O) groups excluding carboxylic acids is 1. The van der Waals surface area contributed by atoms with E-state index in [-0.39, 0.29) is 5.91 Å². The lowest BCUT2D eigenvalue weighted by Gasteiger charge is -2.02. The predicted molar refractivity (Wildman–Crippen MR) is 80.5 cm³/mol. The largest absolute Gasteiger partial charge is 0.349 e. The fourth-order valence-electron chi connectivity index (χ4n) is 1.90. The van der Waals surface area contributed by atoms with Crippen LogP contribution in [0, 0.1) is 0 Å². The van der Waals surface area contributed by atoms with Gasteiger partial charge in [-0.05, 0) is 24.3 Å². The fourth-order valence-corrected chi connectivity index (χ4v) is 2.29. The highest BCUT2D eigenvalue weighted by Gasteiger charge is 2.11. The molecule has 0 bridgehead atoms. The molecule has 0 aliphatic rings. The highest BCUT2D eigenvalue weighted by Crippen LogP contribution is 2.23. The minimum Gasteiger partial charge on any atom is -0.349 e. The van der Waals surface area contributed by atoms with E-state index < -0.39 is 0 Å². The Morgan fingerprint density at radius 1 is 1.20 bits per heavy atom. The van der Waals surface area contributed by atoms with Crippen LogP contribution < -0.4 is 5.32 Å². The Morgan fingerprint density at radius 3 is 2.80 bits per heavy atom. The number of halogens is 2. The number of nitrogens with one attached hydrogen (secondary N) is 2. The van der Waals surface area contributed by atoms with Crippen LogP contribution in [0.2, 0.25) is 10.0 Å². The number of para-hydroxylation sites is 1. The van der Waals surface area contributed by atoms with Crippen LogP contribution in [0.15, 0.2) is 42.6 Å². The van der Waals surface area contributed by atoms with E-state index >= 15 is 0 Å². The predicted octanol–water partition coefficient (Wildman–Crippen LogP) is 4.12. The number of carbonyl (C=O) groups is 1. The molecule has 0 atom stereocenters. The average molecular weight is 306 g/mol. The van der Waals surface area contributed by atoms with Gasteiger partial charge in [-0.25, -0.2) is 4.98 Å². The molecule has 1 aromatic carbocycles. The number of rotatable bonds is 2. The minimum absolute atomic E-state index is 0.299. The number of benzene rings is 1. The van der Waals surface area contributed by atoms with Crippen LogP contribution in [0.5, 0.6) is 0 Å². The van der Waals surface area contributed by atoms with Gasteiger partial charge in [0.1, 0.15) is 11.5 Å². The Kier molecular flexibility index (Phi) is 3.34. The summed E-state index contributed by atoms with van der Waals surface area (Å²) in [7, 11) is 0. The van der Waals surface area contributed by atoms with Crippen molar-refractivity contribution in [1.82, 2.24) is 9.97 Å². The number of fused-ring (bicyclic) bond motifs is 1. The van der Waals surface area contributed by atoms with Crippen molar-refractivity contribution in [3.05, 3.63) is 58.3 Å². The summed E-state index contributed by atoms with van der Waals surface area (Å²) in [6.07, 6.45) is 1.53. The molecule has 0 radical (unpaired) electrons. The van der Waals surface area contributed by atoms with E-state index in [1.54, 1.807) is 24.3 Å². The molecule has 20 heavy (non-hydrogen) atoms. The van der Waals surface area contributed by atoms with Crippen molar-refractivity contribution < 1.29 is 4.79 Å². The van der Waals surface area contributed by atoms with Gasteiger partial charge >= 0.3 is 0 Å². The first-order chi connectivity index (χ1) is 9.63. The van der Waals surface area contributed by atoms with E-state index in [0.29, 0.717) is 21.6 Å². The quantitative estimate of drug-likeness (QED) is 0.748. The zero-order chi connectivity index (χ0) is 14.1. The second-order valence-electron chi connectivity index (χ2n) is 4.20. The molecule has 6 heteroatoms. The molecule has 100 valence electrons. The van der Waals surface area contributed by atoms with Gasteiger partial charge < -0.3 is 10.3 Å². The molecule has 2 aromatic heterocycles. The van der Waals surface area contributed by atoms with E-state index in [1.807, 2.05) is 12.1 Å². The molecule has 0 fully saturated rings. The third-order valence-electron chi connectivity index (χ3n) is 2.81. The van der Waals surface area contributed by atoms with Gasteiger partial charge in [-0.1, -0.05) is 35.3 Å². The fraction of sp³-hybridized carbons (Fsp3) is 0. The highest BCUT2D eigenvalue weighted by molar-refractivity contribution is 6.35. The van der Waals surface area contributed by atoms with Crippen molar-refractivity contribution >= 4 is 45.8 Å². The SMILES string of the molecule is O=C(Nc1cc(Cl)ccn1)c1cc2cccc(Cl)c2[nH]1. The molecule has 4 nitrogen and oxygen atoms in total. The number of aromatic nitrogens is 2. The smallest absolute Gasteiger partial charge is 0.273 e. The number of anilines is 1. The van der Waals surface area contributed by atoms with Crippen molar-refractivity contribution in [2.45, 2.75) is 0 Å². The van der Waals surface area contributed by atoms with Crippen molar-refractivity contribution in [1.29, 1.82) is 0 Å². The molecule has 2 N–H and O–H groups in total. The summed E-state index contributed by atoms with van der Waals surface area (Å²) in [6, 6.07) is 10.4.